The number of carbonyl (C=O) groups is 1. The van der Waals surface area contributed by atoms with Gasteiger partial charge >= 0.3 is 0 Å². The quantitative estimate of drug-likeness (QED) is 0.162. The molecule has 0 spiro atoms. The number of aliphatic hydroxyl groups is 1. The first-order valence-corrected chi connectivity index (χ1v) is 15.2. The fraction of sp³-hybridized carbons (Fsp3) is 0.417. The molecule has 4 aromatic rings. The van der Waals surface area contributed by atoms with E-state index in [-0.39, 0.29) is 24.5 Å². The van der Waals surface area contributed by atoms with Crippen LogP contribution in [0.15, 0.2) is 85.1 Å². The largest absolute Gasteiger partial charge is 0.491 e. The van der Waals surface area contributed by atoms with Crippen LogP contribution in [0.2, 0.25) is 0 Å². The summed E-state index contributed by atoms with van der Waals surface area (Å²) in [5, 5.41) is 12.0. The standard InChI is InChI=1S/C36H47N3O4/c1-36(2,3)30-17-15-28(16-18-30)24-39(21-19-29-23-37-34-14-9-8-13-33(29)34)35(41)26-38(20-10-22-42-4)25-31(40)27-43-32-11-6-5-7-12-32/h5-9,11-18,23,31,37,40H,10,19-22,24-27H2,1-4H3/t31-/m1/s1. The highest BCUT2D eigenvalue weighted by Crippen LogP contribution is 2.23. The van der Waals surface area contributed by atoms with Gasteiger partial charge in [0.15, 0.2) is 0 Å². The van der Waals surface area contributed by atoms with Crippen molar-refractivity contribution in [1.82, 2.24) is 14.8 Å². The summed E-state index contributed by atoms with van der Waals surface area (Å²) in [5.41, 5.74) is 4.73. The number of aromatic amines is 1. The second-order valence-electron chi connectivity index (χ2n) is 12.2. The predicted octanol–water partition coefficient (Wildman–Crippen LogP) is 5.82. The van der Waals surface area contributed by atoms with Crippen molar-refractivity contribution in [2.24, 2.45) is 0 Å². The van der Waals surface area contributed by atoms with Crippen molar-refractivity contribution in [1.29, 1.82) is 0 Å². The third kappa shape index (κ3) is 9.95. The van der Waals surface area contributed by atoms with E-state index in [0.717, 1.165) is 23.9 Å². The van der Waals surface area contributed by atoms with E-state index >= 15 is 0 Å². The van der Waals surface area contributed by atoms with Crippen LogP contribution in [-0.2, 0) is 27.9 Å². The zero-order valence-electron chi connectivity index (χ0n) is 26.1. The molecule has 4 rings (SSSR count). The van der Waals surface area contributed by atoms with Gasteiger partial charge in [-0.05, 0) is 53.1 Å². The average Bonchev–Trinajstić information content (AvgIpc) is 3.41. The Morgan fingerprint density at radius 3 is 2.40 bits per heavy atom. The first-order valence-electron chi connectivity index (χ1n) is 15.2. The molecule has 1 amide bonds. The summed E-state index contributed by atoms with van der Waals surface area (Å²) in [6, 6.07) is 26.3. The van der Waals surface area contributed by atoms with Crippen LogP contribution in [0, 0.1) is 0 Å². The first-order chi connectivity index (χ1) is 20.7. The van der Waals surface area contributed by atoms with E-state index in [1.165, 1.54) is 16.5 Å². The van der Waals surface area contributed by atoms with Gasteiger partial charge < -0.3 is 24.5 Å². The van der Waals surface area contributed by atoms with Gasteiger partial charge in [-0.3, -0.25) is 9.69 Å². The van der Waals surface area contributed by atoms with Crippen LogP contribution in [0.5, 0.6) is 5.75 Å². The lowest BCUT2D eigenvalue weighted by atomic mass is 9.87. The number of rotatable bonds is 16. The second kappa shape index (κ2) is 15.7. The lowest BCUT2D eigenvalue weighted by Crippen LogP contribution is -2.44. The number of ether oxygens (including phenoxy) is 2. The molecule has 7 nitrogen and oxygen atoms in total. The molecular weight excluding hydrogens is 538 g/mol. The van der Waals surface area contributed by atoms with Crippen molar-refractivity contribution < 1.29 is 19.4 Å². The Morgan fingerprint density at radius 1 is 0.953 bits per heavy atom. The Hall–Kier alpha value is -3.65. The number of benzene rings is 3. The number of hydrogen-bond acceptors (Lipinski definition) is 5. The zero-order valence-corrected chi connectivity index (χ0v) is 26.1. The van der Waals surface area contributed by atoms with Gasteiger partial charge in [-0.1, -0.05) is 81.4 Å². The van der Waals surface area contributed by atoms with Gasteiger partial charge in [0.25, 0.3) is 0 Å². The molecule has 1 heterocycles. The van der Waals surface area contributed by atoms with Crippen molar-refractivity contribution in [3.8, 4) is 5.75 Å². The highest BCUT2D eigenvalue weighted by molar-refractivity contribution is 5.83. The van der Waals surface area contributed by atoms with Gasteiger partial charge in [0.2, 0.25) is 5.91 Å². The molecule has 1 aromatic heterocycles. The lowest BCUT2D eigenvalue weighted by molar-refractivity contribution is -0.133. The molecule has 2 N–H and O–H groups in total. The molecule has 230 valence electrons. The molecule has 0 saturated heterocycles. The van der Waals surface area contributed by atoms with Gasteiger partial charge in [0.05, 0.1) is 6.54 Å². The van der Waals surface area contributed by atoms with E-state index in [2.05, 4.69) is 62.2 Å². The van der Waals surface area contributed by atoms with Gasteiger partial charge in [-0.25, -0.2) is 0 Å². The predicted molar refractivity (Wildman–Crippen MR) is 173 cm³/mol. The SMILES string of the molecule is COCCCN(CC(=O)N(CCc1c[nH]c2ccccc12)Cc1ccc(C(C)(C)C)cc1)C[C@@H](O)COc1ccccc1. The fourth-order valence-electron chi connectivity index (χ4n) is 5.23. The third-order valence-electron chi connectivity index (χ3n) is 7.71. The Kier molecular flexibility index (Phi) is 11.8. The van der Waals surface area contributed by atoms with Gasteiger partial charge in [-0.2, -0.15) is 0 Å². The number of nitrogens with zero attached hydrogens (tertiary/aromatic N) is 2. The van der Waals surface area contributed by atoms with Crippen LogP contribution < -0.4 is 4.74 Å². The van der Waals surface area contributed by atoms with Gasteiger partial charge in [0, 0.05) is 57.0 Å². The van der Waals surface area contributed by atoms with Crippen molar-refractivity contribution in [3.63, 3.8) is 0 Å². The third-order valence-corrected chi connectivity index (χ3v) is 7.71. The summed E-state index contributed by atoms with van der Waals surface area (Å²) >= 11 is 0. The maximum absolute atomic E-state index is 13.9. The molecule has 0 radical (unpaired) electrons. The van der Waals surface area contributed by atoms with Crippen LogP contribution in [0.1, 0.15) is 43.9 Å². The topological polar surface area (TPSA) is 78.0 Å². The number of aliphatic hydroxyl groups excluding tert-OH is 1. The number of methoxy groups -OCH3 is 1. The number of para-hydroxylation sites is 2. The molecule has 0 aliphatic rings. The zero-order chi connectivity index (χ0) is 30.7. The highest BCUT2D eigenvalue weighted by atomic mass is 16.5. The molecule has 3 aromatic carbocycles. The van der Waals surface area contributed by atoms with E-state index in [4.69, 9.17) is 9.47 Å². The number of amides is 1. The van der Waals surface area contributed by atoms with Crippen molar-refractivity contribution >= 4 is 16.8 Å². The monoisotopic (exact) mass is 585 g/mol. The first kappa shape index (κ1) is 32.3. The summed E-state index contributed by atoms with van der Waals surface area (Å²) < 4.78 is 11.0. The Morgan fingerprint density at radius 2 is 1.67 bits per heavy atom. The molecule has 0 saturated carbocycles. The van der Waals surface area contributed by atoms with Crippen LogP contribution >= 0.6 is 0 Å². The lowest BCUT2D eigenvalue weighted by Gasteiger charge is -2.29. The van der Waals surface area contributed by atoms with Crippen LogP contribution in [0.25, 0.3) is 10.9 Å². The van der Waals surface area contributed by atoms with Crippen molar-refractivity contribution in [2.75, 3.05) is 46.5 Å². The summed E-state index contributed by atoms with van der Waals surface area (Å²) in [4.78, 5) is 21.3. The summed E-state index contributed by atoms with van der Waals surface area (Å²) in [5.74, 6) is 0.748. The van der Waals surface area contributed by atoms with E-state index in [0.29, 0.717) is 38.5 Å². The van der Waals surface area contributed by atoms with Gasteiger partial charge in [-0.15, -0.1) is 0 Å². The minimum absolute atomic E-state index is 0.0355. The smallest absolute Gasteiger partial charge is 0.237 e. The van der Waals surface area contributed by atoms with E-state index in [1.54, 1.807) is 7.11 Å². The Labute approximate surface area is 256 Å². The normalized spacial score (nSPS) is 12.5. The van der Waals surface area contributed by atoms with Crippen LogP contribution in [0.3, 0.4) is 0 Å². The molecule has 7 heteroatoms. The molecule has 0 aliphatic heterocycles. The molecule has 0 bridgehead atoms. The Bertz CT molecular complexity index is 1400. The molecule has 1 atom stereocenters. The van der Waals surface area contributed by atoms with E-state index < -0.39 is 6.10 Å². The van der Waals surface area contributed by atoms with Crippen LogP contribution in [0.4, 0.5) is 0 Å². The van der Waals surface area contributed by atoms with E-state index in [1.807, 2.05) is 58.5 Å². The molecule has 0 aliphatic carbocycles. The maximum Gasteiger partial charge on any atom is 0.237 e. The average molecular weight is 586 g/mol. The van der Waals surface area contributed by atoms with E-state index in [9.17, 15) is 9.90 Å². The van der Waals surface area contributed by atoms with Crippen LogP contribution in [-0.4, -0.2) is 78.4 Å². The number of nitrogens with one attached hydrogen (secondary N) is 1. The van der Waals surface area contributed by atoms with Crippen molar-refractivity contribution in [2.45, 2.75) is 51.7 Å². The number of carbonyl (C=O) groups excluding carboxylic acids is 1. The minimum atomic E-state index is -0.736. The summed E-state index contributed by atoms with van der Waals surface area (Å²) in [7, 11) is 1.68. The maximum atomic E-state index is 13.9. The minimum Gasteiger partial charge on any atom is -0.491 e. The Balaban J connectivity index is 1.46. The molecule has 0 fully saturated rings. The van der Waals surface area contributed by atoms with Crippen molar-refractivity contribution in [3.05, 3.63) is 102 Å². The number of aromatic nitrogens is 1. The highest BCUT2D eigenvalue weighted by Gasteiger charge is 2.21. The summed E-state index contributed by atoms with van der Waals surface area (Å²) in [6.45, 7) is 9.65. The number of H-pyrrole nitrogens is 1. The molecule has 0 unspecified atom stereocenters. The summed E-state index contributed by atoms with van der Waals surface area (Å²) in [6.07, 6.45) is 2.82. The second-order valence-corrected chi connectivity index (χ2v) is 12.2. The molecular formula is C36H47N3O4. The molecule has 43 heavy (non-hydrogen) atoms. The number of fused-ring (bicyclic) bond motifs is 1. The number of hydrogen-bond donors (Lipinski definition) is 2. The van der Waals surface area contributed by atoms with Gasteiger partial charge in [0.1, 0.15) is 18.5 Å². The fourth-order valence-corrected chi connectivity index (χ4v) is 5.23.